The Bertz CT molecular complexity index is 672. The molecule has 0 aromatic heterocycles. The van der Waals surface area contributed by atoms with Crippen molar-refractivity contribution in [2.45, 2.75) is 25.9 Å². The second-order valence-electron chi connectivity index (χ2n) is 5.17. The molecular formula is C17H18F3NO3. The SMILES string of the molecule is COc1ccc(NC(C)c2ccc(OC(F)(F)F)cc2)cc1CO. The Kier molecular flexibility index (Phi) is 5.56. The van der Waals surface area contributed by atoms with Gasteiger partial charge in [-0.15, -0.1) is 13.2 Å². The highest BCUT2D eigenvalue weighted by atomic mass is 19.4. The topological polar surface area (TPSA) is 50.7 Å². The van der Waals surface area contributed by atoms with Crippen LogP contribution in [0.1, 0.15) is 24.1 Å². The lowest BCUT2D eigenvalue weighted by molar-refractivity contribution is -0.274. The van der Waals surface area contributed by atoms with Gasteiger partial charge < -0.3 is 19.9 Å². The smallest absolute Gasteiger partial charge is 0.496 e. The van der Waals surface area contributed by atoms with Gasteiger partial charge in [-0.2, -0.15) is 0 Å². The van der Waals surface area contributed by atoms with Crippen LogP contribution in [0.4, 0.5) is 18.9 Å². The average molecular weight is 341 g/mol. The fourth-order valence-electron chi connectivity index (χ4n) is 2.28. The number of alkyl halides is 3. The van der Waals surface area contributed by atoms with E-state index >= 15 is 0 Å². The summed E-state index contributed by atoms with van der Waals surface area (Å²) in [4.78, 5) is 0. The molecule has 1 unspecified atom stereocenters. The van der Waals surface area contributed by atoms with Crippen LogP contribution in [0.5, 0.6) is 11.5 Å². The minimum Gasteiger partial charge on any atom is -0.496 e. The Morgan fingerprint density at radius 2 is 1.79 bits per heavy atom. The number of benzene rings is 2. The van der Waals surface area contributed by atoms with Crippen molar-refractivity contribution in [3.05, 3.63) is 53.6 Å². The molecule has 0 saturated heterocycles. The molecule has 0 heterocycles. The molecule has 0 aliphatic heterocycles. The maximum Gasteiger partial charge on any atom is 0.573 e. The van der Waals surface area contributed by atoms with Gasteiger partial charge in [-0.3, -0.25) is 0 Å². The van der Waals surface area contributed by atoms with Gasteiger partial charge in [0.05, 0.1) is 13.7 Å². The fraction of sp³-hybridized carbons (Fsp3) is 0.294. The average Bonchev–Trinajstić information content (AvgIpc) is 2.53. The second-order valence-corrected chi connectivity index (χ2v) is 5.17. The van der Waals surface area contributed by atoms with Crippen LogP contribution in [-0.2, 0) is 6.61 Å². The molecule has 0 bridgehead atoms. The Balaban J connectivity index is 2.08. The van der Waals surface area contributed by atoms with E-state index in [0.29, 0.717) is 11.3 Å². The molecule has 0 radical (unpaired) electrons. The molecule has 0 spiro atoms. The summed E-state index contributed by atoms with van der Waals surface area (Å²) in [5.74, 6) is 0.329. The van der Waals surface area contributed by atoms with E-state index in [0.717, 1.165) is 11.3 Å². The molecular weight excluding hydrogens is 323 g/mol. The highest BCUT2D eigenvalue weighted by Gasteiger charge is 2.31. The van der Waals surface area contributed by atoms with Gasteiger partial charge in [0.15, 0.2) is 0 Å². The highest BCUT2D eigenvalue weighted by Crippen LogP contribution is 2.28. The van der Waals surface area contributed by atoms with Crippen molar-refractivity contribution in [1.29, 1.82) is 0 Å². The molecule has 1 atom stereocenters. The molecule has 0 saturated carbocycles. The molecule has 0 aliphatic carbocycles. The van der Waals surface area contributed by atoms with Crippen LogP contribution in [0.3, 0.4) is 0 Å². The fourth-order valence-corrected chi connectivity index (χ4v) is 2.28. The Hall–Kier alpha value is -2.41. The number of hydrogen-bond acceptors (Lipinski definition) is 4. The van der Waals surface area contributed by atoms with E-state index < -0.39 is 6.36 Å². The van der Waals surface area contributed by atoms with Crippen LogP contribution in [0.15, 0.2) is 42.5 Å². The van der Waals surface area contributed by atoms with Crippen molar-refractivity contribution in [3.63, 3.8) is 0 Å². The molecule has 7 heteroatoms. The van der Waals surface area contributed by atoms with Gasteiger partial charge >= 0.3 is 6.36 Å². The van der Waals surface area contributed by atoms with Crippen molar-refractivity contribution >= 4 is 5.69 Å². The Labute approximate surface area is 137 Å². The van der Waals surface area contributed by atoms with Crippen LogP contribution < -0.4 is 14.8 Å². The maximum atomic E-state index is 12.2. The monoisotopic (exact) mass is 341 g/mol. The lowest BCUT2D eigenvalue weighted by atomic mass is 10.1. The van der Waals surface area contributed by atoms with Crippen molar-refractivity contribution in [1.82, 2.24) is 0 Å². The van der Waals surface area contributed by atoms with Gasteiger partial charge in [-0.1, -0.05) is 12.1 Å². The van der Waals surface area contributed by atoms with Gasteiger partial charge in [0.2, 0.25) is 0 Å². The Morgan fingerprint density at radius 1 is 1.12 bits per heavy atom. The van der Waals surface area contributed by atoms with Gasteiger partial charge in [0, 0.05) is 17.3 Å². The Morgan fingerprint density at radius 3 is 2.33 bits per heavy atom. The number of rotatable bonds is 6. The van der Waals surface area contributed by atoms with E-state index in [-0.39, 0.29) is 18.4 Å². The van der Waals surface area contributed by atoms with Crippen LogP contribution in [0.25, 0.3) is 0 Å². The van der Waals surface area contributed by atoms with Crippen molar-refractivity contribution in [2.75, 3.05) is 12.4 Å². The molecule has 0 aliphatic rings. The molecule has 2 rings (SSSR count). The van der Waals surface area contributed by atoms with E-state index in [1.54, 1.807) is 30.3 Å². The van der Waals surface area contributed by atoms with E-state index in [1.165, 1.54) is 19.2 Å². The van der Waals surface area contributed by atoms with Crippen molar-refractivity contribution in [2.24, 2.45) is 0 Å². The normalized spacial score (nSPS) is 12.6. The largest absolute Gasteiger partial charge is 0.573 e. The summed E-state index contributed by atoms with van der Waals surface area (Å²) in [6, 6.07) is 10.8. The van der Waals surface area contributed by atoms with E-state index in [9.17, 15) is 18.3 Å². The molecule has 0 fully saturated rings. The number of methoxy groups -OCH3 is 1. The van der Waals surface area contributed by atoms with Crippen LogP contribution in [0.2, 0.25) is 0 Å². The number of aliphatic hydroxyl groups excluding tert-OH is 1. The minimum atomic E-state index is -4.70. The zero-order valence-electron chi connectivity index (χ0n) is 13.2. The third-order valence-corrected chi connectivity index (χ3v) is 3.45. The van der Waals surface area contributed by atoms with Crippen molar-refractivity contribution in [3.8, 4) is 11.5 Å². The van der Waals surface area contributed by atoms with E-state index in [4.69, 9.17) is 4.74 Å². The predicted molar refractivity (Wildman–Crippen MR) is 84.1 cm³/mol. The maximum absolute atomic E-state index is 12.2. The number of nitrogens with one attached hydrogen (secondary N) is 1. The molecule has 130 valence electrons. The summed E-state index contributed by atoms with van der Waals surface area (Å²) in [6.45, 7) is 1.72. The summed E-state index contributed by atoms with van der Waals surface area (Å²) in [6.07, 6.45) is -4.70. The third kappa shape index (κ3) is 4.79. The summed E-state index contributed by atoms with van der Waals surface area (Å²) in [5.41, 5.74) is 2.21. The first-order valence-corrected chi connectivity index (χ1v) is 7.22. The number of halogens is 3. The number of anilines is 1. The first-order valence-electron chi connectivity index (χ1n) is 7.22. The highest BCUT2D eigenvalue weighted by molar-refractivity contribution is 5.52. The van der Waals surface area contributed by atoms with E-state index in [2.05, 4.69) is 10.1 Å². The first kappa shape index (κ1) is 17.9. The first-order chi connectivity index (χ1) is 11.3. The van der Waals surface area contributed by atoms with E-state index in [1.807, 2.05) is 6.92 Å². The number of aliphatic hydroxyl groups is 1. The molecule has 2 aromatic rings. The minimum absolute atomic E-state index is 0.148. The van der Waals surface area contributed by atoms with Gasteiger partial charge in [0.1, 0.15) is 11.5 Å². The summed E-state index contributed by atoms with van der Waals surface area (Å²) >= 11 is 0. The zero-order chi connectivity index (χ0) is 17.7. The van der Waals surface area contributed by atoms with Gasteiger partial charge in [0.25, 0.3) is 0 Å². The predicted octanol–water partition coefficient (Wildman–Crippen LogP) is 4.26. The lowest BCUT2D eigenvalue weighted by Gasteiger charge is -2.18. The van der Waals surface area contributed by atoms with Crippen LogP contribution in [0, 0.1) is 0 Å². The number of hydrogen-bond donors (Lipinski definition) is 2. The third-order valence-electron chi connectivity index (χ3n) is 3.45. The standard InChI is InChI=1S/C17H18F3NO3/c1-11(12-3-6-15(7-4-12)24-17(18,19)20)21-14-5-8-16(23-2)13(9-14)10-22/h3-9,11,21-22H,10H2,1-2H3. The molecule has 4 nitrogen and oxygen atoms in total. The summed E-state index contributed by atoms with van der Waals surface area (Å²) < 4.78 is 45.5. The molecule has 24 heavy (non-hydrogen) atoms. The zero-order valence-corrected chi connectivity index (χ0v) is 13.2. The quantitative estimate of drug-likeness (QED) is 0.824. The summed E-state index contributed by atoms with van der Waals surface area (Å²) in [5, 5.41) is 12.6. The lowest BCUT2D eigenvalue weighted by Crippen LogP contribution is -2.17. The van der Waals surface area contributed by atoms with Crippen molar-refractivity contribution < 1.29 is 27.8 Å². The van der Waals surface area contributed by atoms with Crippen LogP contribution in [-0.4, -0.2) is 18.6 Å². The molecule has 2 N–H and O–H groups in total. The summed E-state index contributed by atoms with van der Waals surface area (Å²) in [7, 11) is 1.52. The van der Waals surface area contributed by atoms with Crippen LogP contribution >= 0.6 is 0 Å². The molecule has 0 amide bonds. The molecule has 2 aromatic carbocycles. The van der Waals surface area contributed by atoms with Gasteiger partial charge in [-0.05, 0) is 42.8 Å². The van der Waals surface area contributed by atoms with Gasteiger partial charge in [-0.25, -0.2) is 0 Å². The second kappa shape index (κ2) is 7.44. The number of ether oxygens (including phenoxy) is 2.